The third kappa shape index (κ3) is 4.71. The zero-order valence-electron chi connectivity index (χ0n) is 14.2. The highest BCUT2D eigenvalue weighted by molar-refractivity contribution is 5.92. The quantitative estimate of drug-likeness (QED) is 0.534. The van der Waals surface area contributed by atoms with E-state index in [1.165, 1.54) is 25.7 Å². The number of hydrogen-bond acceptors (Lipinski definition) is 2. The van der Waals surface area contributed by atoms with Crippen molar-refractivity contribution in [2.75, 3.05) is 13.1 Å². The fourth-order valence-corrected chi connectivity index (χ4v) is 2.89. The van der Waals surface area contributed by atoms with Crippen molar-refractivity contribution in [1.29, 1.82) is 0 Å². The van der Waals surface area contributed by atoms with Crippen LogP contribution in [0.1, 0.15) is 55.5 Å². The topological polar surface area (TPSA) is 79.5 Å². The normalized spacial score (nSPS) is 16.5. The molecule has 0 saturated heterocycles. The summed E-state index contributed by atoms with van der Waals surface area (Å²) in [7, 11) is 0. The standard InChI is InChI=1S/C18H28N4O/c1-3-18(10-5-11-18)13-22-17(20-4-2)21-12-14-6-8-15(9-7-14)16(19)23/h6-9H,3-5,10-13H2,1-2H3,(H2,19,23)(H2,20,21,22). The summed E-state index contributed by atoms with van der Waals surface area (Å²) in [4.78, 5) is 15.7. The average molecular weight is 316 g/mol. The van der Waals surface area contributed by atoms with Gasteiger partial charge in [-0.1, -0.05) is 25.5 Å². The summed E-state index contributed by atoms with van der Waals surface area (Å²) in [6, 6.07) is 7.28. The van der Waals surface area contributed by atoms with Crippen LogP contribution in [0.5, 0.6) is 0 Å². The molecule has 2 rings (SSSR count). The fourth-order valence-electron chi connectivity index (χ4n) is 2.89. The molecule has 1 saturated carbocycles. The lowest BCUT2D eigenvalue weighted by molar-refractivity contribution is 0.100. The molecule has 5 nitrogen and oxygen atoms in total. The van der Waals surface area contributed by atoms with Crippen molar-refractivity contribution in [1.82, 2.24) is 10.6 Å². The predicted octanol–water partition coefficient (Wildman–Crippen LogP) is 2.42. The van der Waals surface area contributed by atoms with Crippen LogP contribution in [-0.4, -0.2) is 25.0 Å². The fraction of sp³-hybridized carbons (Fsp3) is 0.556. The Morgan fingerprint density at radius 2 is 1.91 bits per heavy atom. The number of aliphatic imine (C=N–C) groups is 1. The van der Waals surface area contributed by atoms with Gasteiger partial charge in [-0.15, -0.1) is 0 Å². The summed E-state index contributed by atoms with van der Waals surface area (Å²) in [5, 5.41) is 6.77. The molecule has 0 radical (unpaired) electrons. The molecular weight excluding hydrogens is 288 g/mol. The Balaban J connectivity index is 1.93. The number of guanidine groups is 1. The van der Waals surface area contributed by atoms with Gasteiger partial charge in [-0.05, 0) is 49.3 Å². The Morgan fingerprint density at radius 1 is 1.22 bits per heavy atom. The molecule has 0 aliphatic heterocycles. The third-order valence-corrected chi connectivity index (χ3v) is 4.80. The Morgan fingerprint density at radius 3 is 2.39 bits per heavy atom. The molecule has 1 aromatic rings. The number of benzene rings is 1. The number of rotatable bonds is 7. The molecule has 126 valence electrons. The van der Waals surface area contributed by atoms with Crippen LogP contribution in [0.25, 0.3) is 0 Å². The van der Waals surface area contributed by atoms with Gasteiger partial charge in [0.15, 0.2) is 5.96 Å². The number of nitrogens with zero attached hydrogens (tertiary/aromatic N) is 1. The van der Waals surface area contributed by atoms with E-state index in [2.05, 4.69) is 29.5 Å². The van der Waals surface area contributed by atoms with Gasteiger partial charge in [-0.25, -0.2) is 4.99 Å². The first-order chi connectivity index (χ1) is 11.1. The van der Waals surface area contributed by atoms with Gasteiger partial charge in [0.1, 0.15) is 0 Å². The lowest BCUT2D eigenvalue weighted by Gasteiger charge is -2.41. The molecule has 0 atom stereocenters. The van der Waals surface area contributed by atoms with E-state index in [4.69, 9.17) is 5.73 Å². The van der Waals surface area contributed by atoms with Crippen LogP contribution in [0.3, 0.4) is 0 Å². The SMILES string of the molecule is CCNC(=NCc1ccc(C(N)=O)cc1)NCC1(CC)CCC1. The molecule has 5 heteroatoms. The minimum absolute atomic E-state index is 0.402. The maximum Gasteiger partial charge on any atom is 0.248 e. The largest absolute Gasteiger partial charge is 0.366 e. The minimum atomic E-state index is -0.402. The number of primary amides is 1. The first-order valence-electron chi connectivity index (χ1n) is 8.49. The average Bonchev–Trinajstić information content (AvgIpc) is 2.52. The van der Waals surface area contributed by atoms with E-state index in [0.717, 1.165) is 24.6 Å². The zero-order valence-corrected chi connectivity index (χ0v) is 14.2. The molecule has 0 heterocycles. The van der Waals surface area contributed by atoms with E-state index >= 15 is 0 Å². The number of carbonyl (C=O) groups excluding carboxylic acids is 1. The van der Waals surface area contributed by atoms with E-state index in [9.17, 15) is 4.79 Å². The summed E-state index contributed by atoms with van der Waals surface area (Å²) in [6.07, 6.45) is 5.18. The van der Waals surface area contributed by atoms with Gasteiger partial charge >= 0.3 is 0 Å². The van der Waals surface area contributed by atoms with Crippen molar-refractivity contribution in [3.05, 3.63) is 35.4 Å². The first-order valence-corrected chi connectivity index (χ1v) is 8.49. The highest BCUT2D eigenvalue weighted by atomic mass is 16.1. The summed E-state index contributed by atoms with van der Waals surface area (Å²) in [5.41, 5.74) is 7.29. The summed E-state index contributed by atoms with van der Waals surface area (Å²) >= 11 is 0. The maximum atomic E-state index is 11.1. The molecular formula is C18H28N4O. The minimum Gasteiger partial charge on any atom is -0.366 e. The number of hydrogen-bond donors (Lipinski definition) is 3. The molecule has 0 aromatic heterocycles. The number of amides is 1. The Kier molecular flexibility index (Phi) is 6.02. The van der Waals surface area contributed by atoms with Crippen LogP contribution in [0.4, 0.5) is 0 Å². The highest BCUT2D eigenvalue weighted by Gasteiger charge is 2.34. The molecule has 23 heavy (non-hydrogen) atoms. The highest BCUT2D eigenvalue weighted by Crippen LogP contribution is 2.42. The van der Waals surface area contributed by atoms with Gasteiger partial charge in [-0.2, -0.15) is 0 Å². The van der Waals surface area contributed by atoms with Crippen molar-refractivity contribution < 1.29 is 4.79 Å². The van der Waals surface area contributed by atoms with Gasteiger partial charge in [-0.3, -0.25) is 4.79 Å². The predicted molar refractivity (Wildman–Crippen MR) is 94.4 cm³/mol. The van der Waals surface area contributed by atoms with E-state index in [1.54, 1.807) is 12.1 Å². The number of nitrogens with one attached hydrogen (secondary N) is 2. The molecule has 1 amide bonds. The molecule has 0 unspecified atom stereocenters. The van der Waals surface area contributed by atoms with E-state index in [-0.39, 0.29) is 0 Å². The van der Waals surface area contributed by atoms with Crippen molar-refractivity contribution in [3.8, 4) is 0 Å². The van der Waals surface area contributed by atoms with Gasteiger partial charge in [0.05, 0.1) is 6.54 Å². The Bertz CT molecular complexity index is 541. The van der Waals surface area contributed by atoms with Crippen LogP contribution in [0.15, 0.2) is 29.3 Å². The van der Waals surface area contributed by atoms with Crippen molar-refractivity contribution in [2.45, 2.75) is 46.1 Å². The molecule has 4 N–H and O–H groups in total. The molecule has 0 spiro atoms. The lowest BCUT2D eigenvalue weighted by Crippen LogP contribution is -2.46. The molecule has 1 aliphatic carbocycles. The third-order valence-electron chi connectivity index (χ3n) is 4.80. The smallest absolute Gasteiger partial charge is 0.248 e. The zero-order chi connectivity index (χ0) is 16.7. The second kappa shape index (κ2) is 7.99. The molecule has 1 aliphatic rings. The van der Waals surface area contributed by atoms with E-state index < -0.39 is 5.91 Å². The first kappa shape index (κ1) is 17.3. The van der Waals surface area contributed by atoms with Crippen molar-refractivity contribution in [2.24, 2.45) is 16.1 Å². The van der Waals surface area contributed by atoms with Crippen molar-refractivity contribution >= 4 is 11.9 Å². The Labute approximate surface area is 138 Å². The number of nitrogens with two attached hydrogens (primary N) is 1. The van der Waals surface area contributed by atoms with Crippen LogP contribution in [0.2, 0.25) is 0 Å². The summed E-state index contributed by atoms with van der Waals surface area (Å²) < 4.78 is 0. The van der Waals surface area contributed by atoms with Gasteiger partial charge < -0.3 is 16.4 Å². The molecule has 1 aromatic carbocycles. The summed E-state index contributed by atoms with van der Waals surface area (Å²) in [5.74, 6) is 0.451. The lowest BCUT2D eigenvalue weighted by atomic mass is 9.67. The van der Waals surface area contributed by atoms with Crippen LogP contribution in [-0.2, 0) is 6.54 Å². The molecule has 1 fully saturated rings. The van der Waals surface area contributed by atoms with Gasteiger partial charge in [0.25, 0.3) is 0 Å². The van der Waals surface area contributed by atoms with E-state index in [0.29, 0.717) is 17.5 Å². The summed E-state index contributed by atoms with van der Waals surface area (Å²) in [6.45, 7) is 6.73. The second-order valence-electron chi connectivity index (χ2n) is 6.32. The monoisotopic (exact) mass is 316 g/mol. The molecule has 0 bridgehead atoms. The van der Waals surface area contributed by atoms with Gasteiger partial charge in [0, 0.05) is 18.7 Å². The van der Waals surface area contributed by atoms with Crippen LogP contribution in [0, 0.1) is 5.41 Å². The van der Waals surface area contributed by atoms with E-state index in [1.807, 2.05) is 12.1 Å². The number of carbonyl (C=O) groups is 1. The van der Waals surface area contributed by atoms with Gasteiger partial charge in [0.2, 0.25) is 5.91 Å². The van der Waals surface area contributed by atoms with Crippen molar-refractivity contribution in [3.63, 3.8) is 0 Å². The second-order valence-corrected chi connectivity index (χ2v) is 6.32. The maximum absolute atomic E-state index is 11.1. The van der Waals surface area contributed by atoms with Crippen LogP contribution >= 0.6 is 0 Å². The Hall–Kier alpha value is -2.04. The van der Waals surface area contributed by atoms with Crippen LogP contribution < -0.4 is 16.4 Å².